The number of carboxylic acid groups (broad SMARTS) is 1. The predicted molar refractivity (Wildman–Crippen MR) is 183 cm³/mol. The summed E-state index contributed by atoms with van der Waals surface area (Å²) in [5.74, 6) is 0.244. The molecule has 2 aliphatic heterocycles. The van der Waals surface area contributed by atoms with E-state index in [0.717, 1.165) is 82.0 Å². The molecule has 0 spiro atoms. The third-order valence-corrected chi connectivity index (χ3v) is 9.06. The van der Waals surface area contributed by atoms with Gasteiger partial charge in [-0.05, 0) is 56.0 Å². The van der Waals surface area contributed by atoms with Gasteiger partial charge in [0, 0.05) is 50.8 Å². The van der Waals surface area contributed by atoms with E-state index in [2.05, 4.69) is 28.1 Å². The van der Waals surface area contributed by atoms with E-state index in [1.807, 2.05) is 30.3 Å². The van der Waals surface area contributed by atoms with E-state index >= 15 is 0 Å². The number of carboxylic acids is 1. The van der Waals surface area contributed by atoms with Crippen molar-refractivity contribution in [3.63, 3.8) is 0 Å². The van der Waals surface area contributed by atoms with Gasteiger partial charge in [-0.2, -0.15) is 0 Å². The maximum Gasteiger partial charge on any atom is 0.303 e. The van der Waals surface area contributed by atoms with Gasteiger partial charge in [0.1, 0.15) is 5.75 Å². The number of rotatable bonds is 17. The van der Waals surface area contributed by atoms with Crippen molar-refractivity contribution in [2.45, 2.75) is 96.8 Å². The number of halogens is 2. The number of carbonyl (C=O) groups is 2. The molecule has 0 atom stereocenters. The Morgan fingerprint density at radius 1 is 0.886 bits per heavy atom. The second kappa shape index (κ2) is 20.5. The van der Waals surface area contributed by atoms with E-state index < -0.39 is 5.97 Å². The molecule has 9 heteroatoms. The number of unbranched alkanes of at least 4 members (excludes halogenated alkanes) is 9. The first-order chi connectivity index (χ1) is 21.4. The number of amides is 1. The molecule has 1 fully saturated rings. The lowest BCUT2D eigenvalue weighted by Crippen LogP contribution is -2.46. The van der Waals surface area contributed by atoms with E-state index in [9.17, 15) is 9.59 Å². The number of nitrogens with zero attached hydrogens (tertiary/aromatic N) is 2. The molecule has 7 nitrogen and oxygen atoms in total. The van der Waals surface area contributed by atoms with Gasteiger partial charge in [-0.25, -0.2) is 0 Å². The third-order valence-electron chi connectivity index (χ3n) is 8.25. The molecule has 2 aliphatic rings. The van der Waals surface area contributed by atoms with Crippen molar-refractivity contribution in [2.24, 2.45) is 0 Å². The number of aryl methyl sites for hydroxylation is 1. The average molecular weight is 649 g/mol. The van der Waals surface area contributed by atoms with Crippen molar-refractivity contribution in [1.29, 1.82) is 0 Å². The Balaban J connectivity index is 0.000000321. The fourth-order valence-electron chi connectivity index (χ4n) is 5.60. The van der Waals surface area contributed by atoms with Crippen LogP contribution in [-0.4, -0.2) is 61.2 Å². The minimum Gasteiger partial charge on any atom is -0.494 e. The van der Waals surface area contributed by atoms with Gasteiger partial charge in [0.15, 0.2) is 0 Å². The summed E-state index contributed by atoms with van der Waals surface area (Å²) in [7, 11) is 0. The molecule has 1 saturated heterocycles. The first kappa shape index (κ1) is 36.0. The third kappa shape index (κ3) is 13.3. The van der Waals surface area contributed by atoms with Crippen LogP contribution >= 0.6 is 23.2 Å². The van der Waals surface area contributed by atoms with Gasteiger partial charge in [-0.15, -0.1) is 0 Å². The summed E-state index contributed by atoms with van der Waals surface area (Å²) in [6, 6.07) is 11.8. The number of carbonyl (C=O) groups excluding carboxylic acids is 1. The summed E-state index contributed by atoms with van der Waals surface area (Å²) in [5.41, 5.74) is 3.10. The average Bonchev–Trinajstić information content (AvgIpc) is 3.02. The standard InChI is InChI=1S/C23H27Cl2N3O2.C12H24O2/c24-19-4-3-5-21(23(19)25)28-13-11-27(12-14-28)10-1-2-15-30-18-8-6-17-7-9-22(29)26-20(17)16-18;1-2-3-4-5-6-7-8-9-10-11-12(13)14/h3-6,8,16H,1-2,7,9-15H2,(H,26,29);2-11H2,1H3,(H,13,14). The van der Waals surface area contributed by atoms with Crippen LogP contribution in [0.5, 0.6) is 5.75 Å². The number of hydrogen-bond donors (Lipinski definition) is 2. The second-order valence-corrected chi connectivity index (χ2v) is 12.6. The Morgan fingerprint density at radius 2 is 1.59 bits per heavy atom. The number of nitrogens with one attached hydrogen (secondary N) is 1. The second-order valence-electron chi connectivity index (χ2n) is 11.8. The van der Waals surface area contributed by atoms with Gasteiger partial charge in [-0.1, -0.05) is 93.6 Å². The first-order valence-corrected chi connectivity index (χ1v) is 17.3. The van der Waals surface area contributed by atoms with Gasteiger partial charge in [0.05, 0.1) is 22.3 Å². The van der Waals surface area contributed by atoms with Crippen LogP contribution in [0.15, 0.2) is 36.4 Å². The summed E-state index contributed by atoms with van der Waals surface area (Å²) in [5, 5.41) is 12.6. The molecule has 44 heavy (non-hydrogen) atoms. The summed E-state index contributed by atoms with van der Waals surface area (Å²) in [6.45, 7) is 7.94. The number of fused-ring (bicyclic) bond motifs is 1. The number of anilines is 2. The first-order valence-electron chi connectivity index (χ1n) is 16.6. The normalized spacial score (nSPS) is 14.8. The minimum atomic E-state index is -0.659. The maximum absolute atomic E-state index is 11.5. The van der Waals surface area contributed by atoms with Crippen LogP contribution in [0.3, 0.4) is 0 Å². The maximum atomic E-state index is 11.5. The SMILES string of the molecule is CCCCCCCCCCCC(=O)O.O=C1CCc2ccc(OCCCCN3CCN(c4cccc(Cl)c4Cl)CC3)cc2N1. The predicted octanol–water partition coefficient (Wildman–Crippen LogP) is 8.85. The quantitative estimate of drug-likeness (QED) is 0.167. The van der Waals surface area contributed by atoms with Crippen LogP contribution in [0.4, 0.5) is 11.4 Å². The molecule has 0 radical (unpaired) electrons. The largest absolute Gasteiger partial charge is 0.494 e. The Hall–Kier alpha value is -2.48. The molecule has 1 amide bonds. The van der Waals surface area contributed by atoms with Crippen molar-refractivity contribution >= 4 is 46.5 Å². The van der Waals surface area contributed by atoms with Crippen LogP contribution in [0.1, 0.15) is 96.0 Å². The molecule has 0 unspecified atom stereocenters. The smallest absolute Gasteiger partial charge is 0.303 e. The Labute approximate surface area is 274 Å². The summed E-state index contributed by atoms with van der Waals surface area (Å²) in [6.07, 6.45) is 14.9. The van der Waals surface area contributed by atoms with Gasteiger partial charge in [0.2, 0.25) is 5.91 Å². The minimum absolute atomic E-state index is 0.0809. The number of ether oxygens (including phenoxy) is 1. The van der Waals surface area contributed by atoms with Crippen molar-refractivity contribution in [3.05, 3.63) is 52.0 Å². The molecule has 244 valence electrons. The molecule has 2 aromatic rings. The summed E-state index contributed by atoms with van der Waals surface area (Å²) in [4.78, 5) is 26.6. The van der Waals surface area contributed by atoms with Crippen LogP contribution in [-0.2, 0) is 16.0 Å². The van der Waals surface area contributed by atoms with Gasteiger partial charge < -0.3 is 20.1 Å². The lowest BCUT2D eigenvalue weighted by atomic mass is 10.0. The molecular weight excluding hydrogens is 597 g/mol. The molecular formula is C35H51Cl2N3O4. The number of hydrogen-bond acceptors (Lipinski definition) is 5. The van der Waals surface area contributed by atoms with Gasteiger partial charge in [-0.3, -0.25) is 14.5 Å². The molecule has 2 N–H and O–H groups in total. The van der Waals surface area contributed by atoms with Gasteiger partial charge in [0.25, 0.3) is 0 Å². The molecule has 0 bridgehead atoms. The molecule has 0 aromatic heterocycles. The lowest BCUT2D eigenvalue weighted by molar-refractivity contribution is -0.137. The fourth-order valence-corrected chi connectivity index (χ4v) is 6.02. The highest BCUT2D eigenvalue weighted by atomic mass is 35.5. The molecule has 2 aromatic carbocycles. The number of benzene rings is 2. The van der Waals surface area contributed by atoms with Crippen LogP contribution < -0.4 is 15.0 Å². The Bertz CT molecular complexity index is 1150. The van der Waals surface area contributed by atoms with E-state index in [0.29, 0.717) is 29.5 Å². The zero-order valence-corrected chi connectivity index (χ0v) is 27.9. The van der Waals surface area contributed by atoms with E-state index in [4.69, 9.17) is 33.0 Å². The van der Waals surface area contributed by atoms with Crippen LogP contribution in [0.25, 0.3) is 0 Å². The summed E-state index contributed by atoms with van der Waals surface area (Å²) < 4.78 is 5.89. The summed E-state index contributed by atoms with van der Waals surface area (Å²) >= 11 is 12.5. The Morgan fingerprint density at radius 3 is 2.30 bits per heavy atom. The zero-order valence-electron chi connectivity index (χ0n) is 26.4. The van der Waals surface area contributed by atoms with Crippen molar-refractivity contribution in [2.75, 3.05) is 49.5 Å². The fraction of sp³-hybridized carbons (Fsp3) is 0.600. The molecule has 0 saturated carbocycles. The number of aliphatic carboxylic acids is 1. The highest BCUT2D eigenvalue weighted by Crippen LogP contribution is 2.33. The van der Waals surface area contributed by atoms with Gasteiger partial charge >= 0.3 is 5.97 Å². The lowest BCUT2D eigenvalue weighted by Gasteiger charge is -2.36. The van der Waals surface area contributed by atoms with E-state index in [1.54, 1.807) is 0 Å². The zero-order chi connectivity index (χ0) is 31.6. The van der Waals surface area contributed by atoms with E-state index in [1.165, 1.54) is 50.5 Å². The molecule has 2 heterocycles. The van der Waals surface area contributed by atoms with Crippen molar-refractivity contribution < 1.29 is 19.4 Å². The highest BCUT2D eigenvalue weighted by Gasteiger charge is 2.19. The molecule has 4 rings (SSSR count). The topological polar surface area (TPSA) is 82.1 Å². The van der Waals surface area contributed by atoms with Crippen LogP contribution in [0.2, 0.25) is 10.0 Å². The molecule has 0 aliphatic carbocycles. The van der Waals surface area contributed by atoms with Crippen LogP contribution in [0, 0.1) is 0 Å². The van der Waals surface area contributed by atoms with Crippen molar-refractivity contribution in [3.8, 4) is 5.75 Å². The number of piperazine rings is 1. The highest BCUT2D eigenvalue weighted by molar-refractivity contribution is 6.43. The monoisotopic (exact) mass is 647 g/mol. The van der Waals surface area contributed by atoms with E-state index in [-0.39, 0.29) is 5.91 Å². The Kier molecular flexibility index (Phi) is 16.8. The van der Waals surface area contributed by atoms with Crippen molar-refractivity contribution in [1.82, 2.24) is 4.90 Å².